The number of alkyl halides is 2. The molecule has 0 radical (unpaired) electrons. The van der Waals surface area contributed by atoms with Crippen molar-refractivity contribution in [3.8, 4) is 11.8 Å². The van der Waals surface area contributed by atoms with E-state index in [0.717, 1.165) is 44.2 Å². The minimum Gasteiger partial charge on any atom is -0.481 e. The Morgan fingerprint density at radius 1 is 1.23 bits per heavy atom. The molecule has 5 nitrogen and oxygen atoms in total. The number of Topliss-reactive ketones (excluding diaryl/α,β-unsaturated/α-hetero) is 1. The monoisotopic (exact) mass is 506 g/mol. The lowest BCUT2D eigenvalue weighted by atomic mass is 9.82. The van der Waals surface area contributed by atoms with Crippen LogP contribution < -0.4 is 0 Å². The van der Waals surface area contributed by atoms with Crippen LogP contribution in [0, 0.1) is 23.7 Å². The number of carbonyl (C=O) groups excluding carboxylic acids is 1. The second-order valence-corrected chi connectivity index (χ2v) is 10.2. The lowest BCUT2D eigenvalue weighted by Crippen LogP contribution is -2.34. The quantitative estimate of drug-likeness (QED) is 0.194. The zero-order chi connectivity index (χ0) is 25.6. The lowest BCUT2D eigenvalue weighted by Gasteiger charge is -2.31. The molecule has 8 heteroatoms. The van der Waals surface area contributed by atoms with Crippen molar-refractivity contribution in [1.29, 1.82) is 0 Å². The van der Waals surface area contributed by atoms with Gasteiger partial charge in [0.1, 0.15) is 5.65 Å². The number of rotatable bonds is 12. The van der Waals surface area contributed by atoms with Crippen molar-refractivity contribution in [1.82, 2.24) is 9.55 Å². The summed E-state index contributed by atoms with van der Waals surface area (Å²) in [6.07, 6.45) is 7.86. The first-order chi connectivity index (χ1) is 16.6. The number of unbranched alkanes of at least 4 members (excludes halogenated alkanes) is 5. The van der Waals surface area contributed by atoms with E-state index in [4.69, 9.17) is 16.7 Å². The zero-order valence-corrected chi connectivity index (χ0v) is 21.1. The molecular weight excluding hydrogens is 474 g/mol. The molecule has 1 aliphatic carbocycles. The summed E-state index contributed by atoms with van der Waals surface area (Å²) < 4.78 is 27.6. The molecule has 0 aromatic carbocycles. The van der Waals surface area contributed by atoms with Gasteiger partial charge in [-0.25, -0.2) is 13.8 Å². The van der Waals surface area contributed by atoms with Gasteiger partial charge >= 0.3 is 5.97 Å². The molecule has 1 aliphatic rings. The first-order valence-corrected chi connectivity index (χ1v) is 12.7. The summed E-state index contributed by atoms with van der Waals surface area (Å²) in [7, 11) is 1.90. The number of aromatic nitrogens is 2. The lowest BCUT2D eigenvalue weighted by molar-refractivity contribution is -0.137. The van der Waals surface area contributed by atoms with Gasteiger partial charge in [0.25, 0.3) is 5.92 Å². The van der Waals surface area contributed by atoms with Gasteiger partial charge in [0.05, 0.1) is 5.02 Å². The van der Waals surface area contributed by atoms with E-state index in [9.17, 15) is 18.4 Å². The first-order valence-electron chi connectivity index (χ1n) is 12.3. The Labute approximate surface area is 210 Å². The van der Waals surface area contributed by atoms with Crippen LogP contribution >= 0.6 is 11.6 Å². The summed E-state index contributed by atoms with van der Waals surface area (Å²) in [6.45, 7) is 1.77. The van der Waals surface area contributed by atoms with E-state index < -0.39 is 11.9 Å². The van der Waals surface area contributed by atoms with Crippen LogP contribution in [0.1, 0.15) is 87.2 Å². The van der Waals surface area contributed by atoms with Gasteiger partial charge in [-0.2, -0.15) is 0 Å². The number of aryl methyl sites for hydroxylation is 1. The van der Waals surface area contributed by atoms with E-state index in [2.05, 4.69) is 16.8 Å². The summed E-state index contributed by atoms with van der Waals surface area (Å²) in [5.41, 5.74) is 2.21. The van der Waals surface area contributed by atoms with Gasteiger partial charge in [-0.15, -0.1) is 5.92 Å². The van der Waals surface area contributed by atoms with Crippen LogP contribution in [-0.2, 0) is 18.3 Å². The zero-order valence-electron chi connectivity index (χ0n) is 20.4. The van der Waals surface area contributed by atoms with Crippen molar-refractivity contribution in [3.63, 3.8) is 0 Å². The molecule has 0 spiro atoms. The molecule has 1 saturated carbocycles. The Hall–Kier alpha value is -2.46. The number of halogens is 3. The number of carboxylic acids is 1. The van der Waals surface area contributed by atoms with Crippen molar-refractivity contribution in [2.75, 3.05) is 0 Å². The highest BCUT2D eigenvalue weighted by Crippen LogP contribution is 2.41. The highest BCUT2D eigenvalue weighted by Gasteiger charge is 2.44. The second-order valence-electron chi connectivity index (χ2n) is 9.79. The van der Waals surface area contributed by atoms with Crippen LogP contribution in [-0.4, -0.2) is 32.3 Å². The van der Waals surface area contributed by atoms with E-state index in [0.29, 0.717) is 28.0 Å². The molecule has 1 N–H and O–H groups in total. The van der Waals surface area contributed by atoms with Gasteiger partial charge in [-0.1, -0.05) is 43.7 Å². The summed E-state index contributed by atoms with van der Waals surface area (Å²) in [5, 5.41) is 10.2. The van der Waals surface area contributed by atoms with E-state index in [1.54, 1.807) is 19.2 Å². The Bertz CT molecular complexity index is 1120. The molecule has 0 amide bonds. The van der Waals surface area contributed by atoms with Crippen LogP contribution in [0.25, 0.3) is 11.0 Å². The van der Waals surface area contributed by atoms with E-state index in [-0.39, 0.29) is 43.3 Å². The molecule has 1 fully saturated rings. The molecule has 1 atom stereocenters. The highest BCUT2D eigenvalue weighted by molar-refractivity contribution is 6.31. The molecule has 35 heavy (non-hydrogen) atoms. The fourth-order valence-electron chi connectivity index (χ4n) is 4.74. The Kier molecular flexibility index (Phi) is 9.29. The third-order valence-electron chi connectivity index (χ3n) is 6.56. The van der Waals surface area contributed by atoms with Crippen molar-refractivity contribution in [3.05, 3.63) is 28.5 Å². The predicted molar refractivity (Wildman–Crippen MR) is 133 cm³/mol. The molecule has 3 rings (SSSR count). The van der Waals surface area contributed by atoms with Gasteiger partial charge in [0.2, 0.25) is 0 Å². The molecule has 1 unspecified atom stereocenters. The molecule has 2 heterocycles. The molecule has 0 aliphatic heterocycles. The third-order valence-corrected chi connectivity index (χ3v) is 6.77. The standard InChI is InChI=1S/C27H33ClF2N2O3/c1-18(13-24(34)35)12-23(33)25-21-14-20(28)17-31-26(21)32(2)22(25)11-9-7-5-3-4-6-8-10-19-15-27(29,30)16-19/h14,17-19H,3-7,9,11-13,15-16H2,1-2H3,(H,34,35). The van der Waals surface area contributed by atoms with Gasteiger partial charge in [0.15, 0.2) is 5.78 Å². The number of pyridine rings is 1. The van der Waals surface area contributed by atoms with Gasteiger partial charge in [0, 0.05) is 67.9 Å². The third kappa shape index (κ3) is 7.51. The van der Waals surface area contributed by atoms with Crippen molar-refractivity contribution in [2.24, 2.45) is 18.9 Å². The maximum atomic E-state index is 13.2. The average Bonchev–Trinajstić information content (AvgIpc) is 3.01. The summed E-state index contributed by atoms with van der Waals surface area (Å²) >= 11 is 6.17. The number of nitrogens with zero attached hydrogens (tertiary/aromatic N) is 2. The maximum absolute atomic E-state index is 13.2. The second kappa shape index (κ2) is 12.0. The minimum absolute atomic E-state index is 0.0532. The fraction of sp³-hybridized carbons (Fsp3) is 0.593. The van der Waals surface area contributed by atoms with Gasteiger partial charge in [-0.3, -0.25) is 9.59 Å². The number of ketones is 1. The number of carboxylic acid groups (broad SMARTS) is 1. The number of aliphatic carboxylic acids is 1. The summed E-state index contributed by atoms with van der Waals surface area (Å²) in [4.78, 5) is 28.7. The van der Waals surface area contributed by atoms with Crippen molar-refractivity contribution in [2.45, 2.75) is 83.5 Å². The number of fused-ring (bicyclic) bond motifs is 1. The van der Waals surface area contributed by atoms with Crippen molar-refractivity contribution >= 4 is 34.4 Å². The smallest absolute Gasteiger partial charge is 0.303 e. The highest BCUT2D eigenvalue weighted by atomic mass is 35.5. The van der Waals surface area contributed by atoms with Gasteiger partial charge in [-0.05, 0) is 31.2 Å². The normalized spacial score (nSPS) is 15.9. The summed E-state index contributed by atoms with van der Waals surface area (Å²) in [6, 6.07) is 1.76. The fourth-order valence-corrected chi connectivity index (χ4v) is 4.90. The van der Waals surface area contributed by atoms with E-state index >= 15 is 0 Å². The molecule has 2 aromatic rings. The average molecular weight is 507 g/mol. The Morgan fingerprint density at radius 2 is 1.91 bits per heavy atom. The predicted octanol–water partition coefficient (Wildman–Crippen LogP) is 6.84. The van der Waals surface area contributed by atoms with Crippen LogP contribution in [0.5, 0.6) is 0 Å². The number of hydrogen-bond acceptors (Lipinski definition) is 3. The SMILES string of the molecule is CC(CC(=O)O)CC(=O)c1c(CCCCCCCC#CC2CC(F)(F)C2)n(C)c2ncc(Cl)cc12. The van der Waals surface area contributed by atoms with E-state index in [1.165, 1.54) is 0 Å². The van der Waals surface area contributed by atoms with Crippen LogP contribution in [0.4, 0.5) is 8.78 Å². The maximum Gasteiger partial charge on any atom is 0.303 e. The molecular formula is C27H33ClF2N2O3. The van der Waals surface area contributed by atoms with Crippen LogP contribution in [0.15, 0.2) is 12.3 Å². The largest absolute Gasteiger partial charge is 0.481 e. The minimum atomic E-state index is -2.51. The topological polar surface area (TPSA) is 72.2 Å². The number of carbonyl (C=O) groups is 2. The molecule has 0 bridgehead atoms. The Balaban J connectivity index is 1.53. The molecule has 190 valence electrons. The molecule has 0 saturated heterocycles. The van der Waals surface area contributed by atoms with Crippen LogP contribution in [0.2, 0.25) is 5.02 Å². The van der Waals surface area contributed by atoms with Gasteiger partial charge < -0.3 is 9.67 Å². The van der Waals surface area contributed by atoms with Crippen LogP contribution in [0.3, 0.4) is 0 Å². The first kappa shape index (κ1) is 27.1. The van der Waals surface area contributed by atoms with Crippen molar-refractivity contribution < 1.29 is 23.5 Å². The van der Waals surface area contributed by atoms with E-state index in [1.807, 2.05) is 11.6 Å². The number of hydrogen-bond donors (Lipinski definition) is 1. The Morgan fingerprint density at radius 3 is 2.60 bits per heavy atom. The summed E-state index contributed by atoms with van der Waals surface area (Å²) in [5.74, 6) is 2.08. The molecule has 2 aromatic heterocycles.